The van der Waals surface area contributed by atoms with Crippen molar-refractivity contribution >= 4 is 22.1 Å². The van der Waals surface area contributed by atoms with Gasteiger partial charge < -0.3 is 10.9 Å². The molecule has 0 aliphatic heterocycles. The third-order valence-electron chi connectivity index (χ3n) is 2.99. The van der Waals surface area contributed by atoms with Crippen LogP contribution in [0, 0.1) is 10.8 Å². The van der Waals surface area contributed by atoms with Crippen molar-refractivity contribution in [3.63, 3.8) is 0 Å². The largest absolute Gasteiger partial charge is 1.00 e. The molecule has 1 rings (SSSR count). The van der Waals surface area contributed by atoms with Gasteiger partial charge in [-0.3, -0.25) is 4.55 Å². The molecule has 0 aromatic heterocycles. The average Bonchev–Trinajstić information content (AvgIpc) is 2.47. The number of carbonyl (C=O) groups is 2. The second-order valence-electron chi connectivity index (χ2n) is 8.46. The molecule has 0 unspecified atom stereocenters. The first-order chi connectivity index (χ1) is 11.6. The van der Waals surface area contributed by atoms with Gasteiger partial charge in [-0.25, -0.2) is 9.59 Å². The van der Waals surface area contributed by atoms with Crippen LogP contribution in [0.25, 0.3) is 0 Å². The van der Waals surface area contributed by atoms with Gasteiger partial charge in [-0.2, -0.15) is 8.42 Å². The first kappa shape index (κ1) is 26.7. The molecule has 0 amide bonds. The Labute approximate surface area is 204 Å². The minimum absolute atomic E-state index is 0. The van der Waals surface area contributed by atoms with E-state index in [0.29, 0.717) is 0 Å². The fraction of sp³-hybridized carbons (Fsp3) is 0.556. The molecule has 0 aliphatic rings. The van der Waals surface area contributed by atoms with Crippen molar-refractivity contribution in [2.24, 2.45) is 10.8 Å². The zero-order valence-electron chi connectivity index (χ0n) is 18.0. The maximum atomic E-state index is 12.2. The van der Waals surface area contributed by atoms with E-state index in [9.17, 15) is 22.6 Å². The van der Waals surface area contributed by atoms with Gasteiger partial charge in [-0.05, 0) is 29.0 Å². The molecule has 9 heteroatoms. The van der Waals surface area contributed by atoms with Crippen LogP contribution in [0.15, 0.2) is 23.1 Å². The number of rotatable bonds is 5. The molecule has 1 aromatic rings. The van der Waals surface area contributed by atoms with Gasteiger partial charge in [0.2, 0.25) is 0 Å². The molecule has 27 heavy (non-hydrogen) atoms. The van der Waals surface area contributed by atoms with Crippen molar-refractivity contribution < 1.29 is 84.8 Å². The molecule has 0 heterocycles. The van der Waals surface area contributed by atoms with Crippen LogP contribution >= 0.6 is 0 Å². The van der Waals surface area contributed by atoms with Crippen molar-refractivity contribution in [2.75, 3.05) is 13.2 Å². The maximum absolute atomic E-state index is 12.2. The smallest absolute Gasteiger partial charge is 1.00 e. The van der Waals surface area contributed by atoms with E-state index in [0.717, 1.165) is 12.1 Å². The van der Waals surface area contributed by atoms with Crippen molar-refractivity contribution in [1.29, 1.82) is 0 Å². The van der Waals surface area contributed by atoms with Crippen molar-refractivity contribution in [3.8, 4) is 0 Å². The predicted octanol–water partition coefficient (Wildman–Crippen LogP) is 0.456. The van der Waals surface area contributed by atoms with E-state index in [-0.39, 0.29) is 88.0 Å². The Morgan fingerprint density at radius 1 is 0.963 bits per heavy atom. The summed E-state index contributed by atoms with van der Waals surface area (Å²) in [6.45, 7) is 11.3. The van der Waals surface area contributed by atoms with Gasteiger partial charge in [0, 0.05) is 0 Å². The Morgan fingerprint density at radius 3 is 1.81 bits per heavy atom. The first-order valence-electron chi connectivity index (χ1n) is 8.06. The van der Waals surface area contributed by atoms with Crippen LogP contribution in [-0.4, -0.2) is 38.1 Å². The van der Waals surface area contributed by atoms with E-state index in [1.807, 2.05) is 41.5 Å². The number of benzene rings is 1. The van der Waals surface area contributed by atoms with Crippen LogP contribution in [0.5, 0.6) is 0 Å². The number of ether oxygens (including phenoxy) is 2. The van der Waals surface area contributed by atoms with Crippen molar-refractivity contribution in [1.82, 2.24) is 0 Å². The van der Waals surface area contributed by atoms with E-state index < -0.39 is 27.0 Å². The van der Waals surface area contributed by atoms with Gasteiger partial charge in [0.1, 0.15) is 4.90 Å². The topological polar surface area (TPSA) is 107 Å². The first-order valence-corrected chi connectivity index (χ1v) is 9.50. The standard InChI is InChI=1S/C18H26O7S.K.H/c1-17(2,3)10-24-15(19)12-7-8-13(14(9-12)26(21,22)23)16(20)25-11-18(4,5)6;;/h7-9H,10-11H2,1-6H3,(H,21,22,23);;/q;+1;-1. The van der Waals surface area contributed by atoms with Crippen LogP contribution < -0.4 is 51.4 Å². The average molecular weight is 427 g/mol. The number of esters is 2. The minimum Gasteiger partial charge on any atom is -1.00 e. The molecule has 1 aromatic carbocycles. The quantitative estimate of drug-likeness (QED) is 0.414. The predicted molar refractivity (Wildman–Crippen MR) is 96.8 cm³/mol. The number of hydrogen-bond donors (Lipinski definition) is 1. The third-order valence-corrected chi connectivity index (χ3v) is 3.88. The molecule has 0 radical (unpaired) electrons. The Bertz CT molecular complexity index is 793. The van der Waals surface area contributed by atoms with Gasteiger partial charge in [-0.15, -0.1) is 0 Å². The van der Waals surface area contributed by atoms with Gasteiger partial charge >= 0.3 is 63.3 Å². The second-order valence-corrected chi connectivity index (χ2v) is 9.85. The fourth-order valence-electron chi connectivity index (χ4n) is 1.76. The van der Waals surface area contributed by atoms with E-state index in [1.54, 1.807) is 0 Å². The molecule has 0 spiro atoms. The van der Waals surface area contributed by atoms with E-state index in [2.05, 4.69) is 0 Å². The molecule has 0 bridgehead atoms. The Hall–Kier alpha value is -0.294. The summed E-state index contributed by atoms with van der Waals surface area (Å²) in [7, 11) is -4.74. The third kappa shape index (κ3) is 9.64. The van der Waals surface area contributed by atoms with Gasteiger partial charge in [0.05, 0.1) is 24.3 Å². The van der Waals surface area contributed by atoms with Crippen molar-refractivity contribution in [2.45, 2.75) is 46.4 Å². The number of carbonyl (C=O) groups excluding carboxylic acids is 2. The summed E-state index contributed by atoms with van der Waals surface area (Å²) in [6.07, 6.45) is 0. The van der Waals surface area contributed by atoms with Gasteiger partial charge in [0.25, 0.3) is 10.1 Å². The van der Waals surface area contributed by atoms with Gasteiger partial charge in [-0.1, -0.05) is 41.5 Å². The Balaban J connectivity index is 0. The minimum atomic E-state index is -4.74. The van der Waals surface area contributed by atoms with Crippen molar-refractivity contribution in [3.05, 3.63) is 29.3 Å². The molecule has 1 N–H and O–H groups in total. The summed E-state index contributed by atoms with van der Waals surface area (Å²) in [5.41, 5.74) is -1.01. The summed E-state index contributed by atoms with van der Waals surface area (Å²) in [6, 6.07) is 3.29. The molecule has 148 valence electrons. The van der Waals surface area contributed by atoms with Crippen LogP contribution in [0.4, 0.5) is 0 Å². The Kier molecular flexibility index (Phi) is 9.84. The van der Waals surface area contributed by atoms with E-state index >= 15 is 0 Å². The molecule has 0 aliphatic carbocycles. The zero-order chi connectivity index (χ0) is 20.3. The fourth-order valence-corrected chi connectivity index (χ4v) is 2.46. The molecule has 7 nitrogen and oxygen atoms in total. The molecule has 0 atom stereocenters. The number of hydrogen-bond acceptors (Lipinski definition) is 6. The van der Waals surface area contributed by atoms with Crippen LogP contribution in [0.2, 0.25) is 0 Å². The summed E-state index contributed by atoms with van der Waals surface area (Å²) >= 11 is 0. The zero-order valence-corrected chi connectivity index (χ0v) is 20.9. The summed E-state index contributed by atoms with van der Waals surface area (Å²) in [4.78, 5) is 23.6. The SMILES string of the molecule is CC(C)(C)COC(=O)c1ccc(C(=O)OCC(C)(C)C)c(S(=O)(=O)O)c1.[H-].[K+]. The van der Waals surface area contributed by atoms with Crippen LogP contribution in [0.1, 0.15) is 63.7 Å². The van der Waals surface area contributed by atoms with E-state index in [4.69, 9.17) is 9.47 Å². The van der Waals surface area contributed by atoms with Gasteiger partial charge in [0.15, 0.2) is 0 Å². The van der Waals surface area contributed by atoms with Crippen LogP contribution in [-0.2, 0) is 19.6 Å². The monoisotopic (exact) mass is 426 g/mol. The molecular formula is C18H27KO7S. The Morgan fingerprint density at radius 2 is 1.41 bits per heavy atom. The normalized spacial score (nSPS) is 12.1. The summed E-state index contributed by atoms with van der Waals surface area (Å²) < 4.78 is 42.9. The summed E-state index contributed by atoms with van der Waals surface area (Å²) in [5, 5.41) is 0. The van der Waals surface area contributed by atoms with Crippen LogP contribution in [0.3, 0.4) is 0 Å². The molecule has 0 fully saturated rings. The molecule has 0 saturated heterocycles. The maximum Gasteiger partial charge on any atom is 1.00 e. The molecular weight excluding hydrogens is 399 g/mol. The molecule has 0 saturated carbocycles. The second kappa shape index (κ2) is 9.95. The summed E-state index contributed by atoms with van der Waals surface area (Å²) in [5.74, 6) is -1.65. The van der Waals surface area contributed by atoms with E-state index in [1.165, 1.54) is 6.07 Å².